The minimum atomic E-state index is 1.10. The summed E-state index contributed by atoms with van der Waals surface area (Å²) in [5, 5.41) is 7.62. The maximum atomic E-state index is 2.39. The number of hydrogen-bond donors (Lipinski definition) is 0. The average Bonchev–Trinajstić information content (AvgIpc) is 3.68. The molecule has 0 aliphatic carbocycles. The van der Waals surface area contributed by atoms with Crippen LogP contribution in [0.15, 0.2) is 224 Å². The predicted molar refractivity (Wildman–Crippen MR) is 251 cm³/mol. The van der Waals surface area contributed by atoms with Gasteiger partial charge in [-0.2, -0.15) is 0 Å². The van der Waals surface area contributed by atoms with Crippen molar-refractivity contribution in [3.05, 3.63) is 224 Å². The van der Waals surface area contributed by atoms with E-state index in [0.717, 1.165) is 17.1 Å². The molecule has 10 aromatic carbocycles. The summed E-state index contributed by atoms with van der Waals surface area (Å²) in [6.07, 6.45) is 0. The Morgan fingerprint density at radius 3 is 1.41 bits per heavy atom. The highest BCUT2D eigenvalue weighted by Crippen LogP contribution is 2.42. The van der Waals surface area contributed by atoms with Crippen molar-refractivity contribution in [3.63, 3.8) is 0 Å². The van der Waals surface area contributed by atoms with Crippen molar-refractivity contribution in [3.8, 4) is 44.5 Å². The number of benzene rings is 10. The van der Waals surface area contributed by atoms with Crippen molar-refractivity contribution in [1.29, 1.82) is 0 Å². The highest BCUT2D eigenvalue weighted by atomic mass is 32.1. The van der Waals surface area contributed by atoms with Gasteiger partial charge < -0.3 is 4.90 Å². The van der Waals surface area contributed by atoms with Crippen LogP contribution in [0.5, 0.6) is 0 Å². The van der Waals surface area contributed by atoms with Crippen LogP contribution >= 0.6 is 11.3 Å². The lowest BCUT2D eigenvalue weighted by Gasteiger charge is -2.27. The summed E-state index contributed by atoms with van der Waals surface area (Å²) in [7, 11) is 0. The zero-order chi connectivity index (χ0) is 38.4. The number of thiophene rings is 1. The number of nitrogens with zero attached hydrogens (tertiary/aromatic N) is 1. The maximum Gasteiger partial charge on any atom is 0.0467 e. The molecule has 272 valence electrons. The Hall–Kier alpha value is -7.26. The molecule has 0 N–H and O–H groups in total. The van der Waals surface area contributed by atoms with Crippen LogP contribution < -0.4 is 4.90 Å². The van der Waals surface area contributed by atoms with Gasteiger partial charge in [0.2, 0.25) is 0 Å². The van der Waals surface area contributed by atoms with E-state index in [1.807, 2.05) is 11.3 Å². The van der Waals surface area contributed by atoms with Gasteiger partial charge in [-0.15, -0.1) is 11.3 Å². The zero-order valence-electron chi connectivity index (χ0n) is 31.7. The fraction of sp³-hybridized carbons (Fsp3) is 0. The first kappa shape index (κ1) is 34.0. The molecule has 11 aromatic rings. The highest BCUT2D eigenvalue weighted by molar-refractivity contribution is 7.26. The fourth-order valence-electron chi connectivity index (χ4n) is 8.48. The molecule has 0 aliphatic heterocycles. The zero-order valence-corrected chi connectivity index (χ0v) is 32.5. The van der Waals surface area contributed by atoms with E-state index in [1.165, 1.54) is 86.2 Å². The third kappa shape index (κ3) is 6.21. The van der Waals surface area contributed by atoms with Crippen LogP contribution in [0.3, 0.4) is 0 Å². The Morgan fingerprint density at radius 2 is 0.759 bits per heavy atom. The maximum absolute atomic E-state index is 2.39. The van der Waals surface area contributed by atoms with Crippen LogP contribution in [0.25, 0.3) is 86.2 Å². The molecule has 0 saturated heterocycles. The van der Waals surface area contributed by atoms with Crippen LogP contribution in [0, 0.1) is 0 Å². The predicted octanol–water partition coefficient (Wildman–Crippen LogP) is 16.5. The van der Waals surface area contributed by atoms with E-state index in [4.69, 9.17) is 0 Å². The van der Waals surface area contributed by atoms with E-state index >= 15 is 0 Å². The lowest BCUT2D eigenvalue weighted by atomic mass is 9.97. The fourth-order valence-corrected chi connectivity index (χ4v) is 9.72. The molecule has 0 fully saturated rings. The number of rotatable bonds is 7. The van der Waals surface area contributed by atoms with Crippen LogP contribution in [-0.4, -0.2) is 0 Å². The van der Waals surface area contributed by atoms with Crippen molar-refractivity contribution in [2.45, 2.75) is 0 Å². The van der Waals surface area contributed by atoms with Gasteiger partial charge in [0.1, 0.15) is 0 Å². The summed E-state index contributed by atoms with van der Waals surface area (Å²) in [6, 6.07) is 82.0. The third-order valence-corrected chi connectivity index (χ3v) is 12.6. The SMILES string of the molecule is c1cc(-c2ccc(N(c3cccc(-c4ccc5ccccc5c4)c3)c3cccc(-c4ccc5ccccc5c4)c3)cc2)cc(-c2cccc3c2sc2ccccc23)c1. The van der Waals surface area contributed by atoms with Crippen LogP contribution in [-0.2, 0) is 0 Å². The molecule has 11 rings (SSSR count). The molecule has 0 amide bonds. The molecule has 1 heterocycles. The van der Waals surface area contributed by atoms with E-state index in [1.54, 1.807) is 0 Å². The Balaban J connectivity index is 0.996. The molecule has 1 aromatic heterocycles. The topological polar surface area (TPSA) is 3.24 Å². The van der Waals surface area contributed by atoms with Crippen molar-refractivity contribution in [2.75, 3.05) is 4.90 Å². The van der Waals surface area contributed by atoms with Crippen LogP contribution in [0.2, 0.25) is 0 Å². The van der Waals surface area contributed by atoms with Gasteiger partial charge in [0, 0.05) is 37.2 Å². The first-order valence-electron chi connectivity index (χ1n) is 19.8. The second kappa shape index (κ2) is 14.4. The molecule has 2 heteroatoms. The molecular formula is C56H37NS. The number of anilines is 3. The Labute approximate surface area is 342 Å². The number of hydrogen-bond acceptors (Lipinski definition) is 2. The second-order valence-electron chi connectivity index (χ2n) is 15.0. The van der Waals surface area contributed by atoms with E-state index in [2.05, 4.69) is 229 Å². The van der Waals surface area contributed by atoms with Gasteiger partial charge in [-0.25, -0.2) is 0 Å². The van der Waals surface area contributed by atoms with E-state index in [0.29, 0.717) is 0 Å². The molecular weight excluding hydrogens is 719 g/mol. The first-order chi connectivity index (χ1) is 28.7. The smallest absolute Gasteiger partial charge is 0.0467 e. The summed E-state index contributed by atoms with van der Waals surface area (Å²) in [4.78, 5) is 2.39. The summed E-state index contributed by atoms with van der Waals surface area (Å²) in [5.41, 5.74) is 13.0. The van der Waals surface area contributed by atoms with Gasteiger partial charge in [-0.3, -0.25) is 0 Å². The van der Waals surface area contributed by atoms with Gasteiger partial charge in [0.05, 0.1) is 0 Å². The van der Waals surface area contributed by atoms with E-state index in [-0.39, 0.29) is 0 Å². The lowest BCUT2D eigenvalue weighted by Crippen LogP contribution is -2.10. The van der Waals surface area contributed by atoms with Gasteiger partial charge in [-0.05, 0) is 127 Å². The van der Waals surface area contributed by atoms with Crippen LogP contribution in [0.4, 0.5) is 17.1 Å². The Bertz CT molecular complexity index is 3180. The van der Waals surface area contributed by atoms with Crippen molar-refractivity contribution in [1.82, 2.24) is 0 Å². The minimum Gasteiger partial charge on any atom is -0.310 e. The van der Waals surface area contributed by atoms with Gasteiger partial charge in [-0.1, -0.05) is 164 Å². The molecule has 58 heavy (non-hydrogen) atoms. The van der Waals surface area contributed by atoms with Crippen molar-refractivity contribution in [2.24, 2.45) is 0 Å². The number of fused-ring (bicyclic) bond motifs is 5. The molecule has 0 atom stereocenters. The molecule has 0 unspecified atom stereocenters. The molecule has 0 bridgehead atoms. The molecule has 0 spiro atoms. The quantitative estimate of drug-likeness (QED) is 0.157. The van der Waals surface area contributed by atoms with E-state index < -0.39 is 0 Å². The third-order valence-electron chi connectivity index (χ3n) is 11.4. The monoisotopic (exact) mass is 755 g/mol. The minimum absolute atomic E-state index is 1.10. The second-order valence-corrected chi connectivity index (χ2v) is 16.0. The van der Waals surface area contributed by atoms with Gasteiger partial charge in [0.25, 0.3) is 0 Å². The lowest BCUT2D eigenvalue weighted by molar-refractivity contribution is 1.28. The average molecular weight is 756 g/mol. The summed E-state index contributed by atoms with van der Waals surface area (Å²) < 4.78 is 2.66. The molecule has 0 radical (unpaired) electrons. The Morgan fingerprint density at radius 1 is 0.276 bits per heavy atom. The summed E-state index contributed by atoms with van der Waals surface area (Å²) in [6.45, 7) is 0. The Kier molecular flexibility index (Phi) is 8.42. The molecule has 1 nitrogen and oxygen atoms in total. The van der Waals surface area contributed by atoms with Crippen molar-refractivity contribution >= 4 is 70.1 Å². The largest absolute Gasteiger partial charge is 0.310 e. The van der Waals surface area contributed by atoms with E-state index in [9.17, 15) is 0 Å². The normalized spacial score (nSPS) is 11.4. The summed E-state index contributed by atoms with van der Waals surface area (Å²) >= 11 is 1.88. The van der Waals surface area contributed by atoms with Crippen LogP contribution in [0.1, 0.15) is 0 Å². The molecule has 0 saturated carbocycles. The van der Waals surface area contributed by atoms with Gasteiger partial charge in [0.15, 0.2) is 0 Å². The summed E-state index contributed by atoms with van der Waals surface area (Å²) in [5.74, 6) is 0. The molecule has 0 aliphatic rings. The van der Waals surface area contributed by atoms with Crippen molar-refractivity contribution < 1.29 is 0 Å². The highest BCUT2D eigenvalue weighted by Gasteiger charge is 2.16. The first-order valence-corrected chi connectivity index (χ1v) is 20.6. The van der Waals surface area contributed by atoms with Gasteiger partial charge >= 0.3 is 0 Å². The standard InChI is InChI=1S/C56H37NS/c1-3-13-41-33-46(27-25-38(41)11-1)44-16-8-19-50(36-44)57(51-20-9-17-45(37-51)47-28-26-39-12-2-4-14-42(39)34-47)49-31-29-40(30-32-49)43-15-7-18-48(35-43)52-22-10-23-54-53-21-5-6-24-55(53)58-56(52)54/h1-37H.